The molecule has 0 spiro atoms. The second-order valence-electron chi connectivity index (χ2n) is 11.6. The average Bonchev–Trinajstić information content (AvgIpc) is 3.31. The summed E-state index contributed by atoms with van der Waals surface area (Å²) < 4.78 is 1.88. The Hall–Kier alpha value is -1.50. The van der Waals surface area contributed by atoms with Crippen molar-refractivity contribution in [3.63, 3.8) is 0 Å². The van der Waals surface area contributed by atoms with E-state index in [-0.39, 0.29) is 14.0 Å². The maximum Gasteiger partial charge on any atom is 0.111 e. The molecule has 1 aliphatic heterocycles. The maximum absolute atomic E-state index is 5.53. The molecule has 4 rings (SSSR count). The van der Waals surface area contributed by atoms with Crippen LogP contribution < -0.4 is 10.2 Å². The molecule has 230 valence electrons. The zero-order valence-corrected chi connectivity index (χ0v) is 31.3. The molecular weight excluding hydrogens is 663 g/mol. The number of nitrogens with one attached hydrogen (secondary N) is 1. The minimum Gasteiger partial charge on any atom is -0.369 e. The van der Waals surface area contributed by atoms with Crippen LogP contribution in [0.4, 0.5) is 5.69 Å². The zero-order valence-electron chi connectivity index (χ0n) is 27.1. The van der Waals surface area contributed by atoms with E-state index in [0.717, 1.165) is 13.0 Å². The molecule has 0 amide bonds. The van der Waals surface area contributed by atoms with Crippen LogP contribution in [-0.4, -0.2) is 23.5 Å². The van der Waals surface area contributed by atoms with Gasteiger partial charge < -0.3 is 10.2 Å². The predicted octanol–water partition coefficient (Wildman–Crippen LogP) is 10.9. The van der Waals surface area contributed by atoms with Gasteiger partial charge in [-0.25, -0.2) is 0 Å². The Morgan fingerprint density at radius 1 is 0.929 bits per heavy atom. The molecule has 2 nitrogen and oxygen atoms in total. The quantitative estimate of drug-likeness (QED) is 0.237. The van der Waals surface area contributed by atoms with E-state index in [1.54, 1.807) is 5.31 Å². The smallest absolute Gasteiger partial charge is 0.111 e. The van der Waals surface area contributed by atoms with Crippen LogP contribution in [0.1, 0.15) is 79.1 Å². The van der Waals surface area contributed by atoms with E-state index >= 15 is 0 Å². The first-order valence-electron chi connectivity index (χ1n) is 14.9. The van der Waals surface area contributed by atoms with E-state index in [4.69, 9.17) is 19.4 Å². The number of aryl methyl sites for hydroxylation is 6. The van der Waals surface area contributed by atoms with Gasteiger partial charge in [-0.05, 0) is 93.4 Å². The van der Waals surface area contributed by atoms with Crippen LogP contribution in [0, 0.1) is 41.5 Å². The van der Waals surface area contributed by atoms with Crippen molar-refractivity contribution >= 4 is 37.6 Å². The van der Waals surface area contributed by atoms with Crippen LogP contribution in [0.25, 0.3) is 0 Å². The summed E-state index contributed by atoms with van der Waals surface area (Å²) in [6.07, 6.45) is 12.4. The molecule has 42 heavy (non-hydrogen) atoms. The van der Waals surface area contributed by atoms with Crippen molar-refractivity contribution in [3.05, 3.63) is 110 Å². The Labute approximate surface area is 270 Å². The Morgan fingerprint density at radius 3 is 1.95 bits per heavy atom. The number of allylic oxidation sites excluding steroid dienone is 7. The zero-order chi connectivity index (χ0) is 31.1. The number of benzene rings is 2. The number of nitrogens with zero attached hydrogens (tertiary/aromatic N) is 1. The average molecular weight is 713 g/mol. The third-order valence-electron chi connectivity index (χ3n) is 7.86. The molecule has 2 aliphatic rings. The minimum atomic E-state index is -1.52. The fourth-order valence-electron chi connectivity index (χ4n) is 6.34. The third-order valence-corrected chi connectivity index (χ3v) is 12.3. The summed E-state index contributed by atoms with van der Waals surface area (Å²) in [6, 6.07) is 9.67. The number of rotatable bonds is 6. The van der Waals surface area contributed by atoms with Crippen molar-refractivity contribution < 1.29 is 13.5 Å². The van der Waals surface area contributed by atoms with Gasteiger partial charge in [-0.15, -0.1) is 0 Å². The van der Waals surface area contributed by atoms with Gasteiger partial charge in [-0.3, -0.25) is 0 Å². The molecule has 1 heterocycles. The van der Waals surface area contributed by atoms with Crippen LogP contribution in [0.5, 0.6) is 0 Å². The minimum absolute atomic E-state index is 0.138. The van der Waals surface area contributed by atoms with Crippen LogP contribution in [0.3, 0.4) is 0 Å². The van der Waals surface area contributed by atoms with Crippen LogP contribution >= 0.6 is 27.3 Å². The Kier molecular flexibility index (Phi) is 13.3. The Balaban J connectivity index is 0.000000531. The molecule has 1 unspecified atom stereocenters. The molecule has 1 aliphatic carbocycles. The van der Waals surface area contributed by atoms with E-state index in [2.05, 4.69) is 108 Å². The van der Waals surface area contributed by atoms with Crippen LogP contribution in [-0.2, 0) is 13.5 Å². The van der Waals surface area contributed by atoms with Gasteiger partial charge >= 0.3 is 63.0 Å². The number of anilines is 1. The standard InChI is InChI=1S/C31H41N2P.C5H8.2ClH.Ru/c1-9-34(10-2)28-14-12-11-13-26(28)31-32-19-27(29-22(5)15-20(3)16-23(29)6)33(31)30-24(7)17-21(4)18-25(30)8;1-4-5(2)3;;;/h11-12,14-18,27,32H,9-10,13,19H2,1-8H3;1,4H,2-3H3;2*1H;/q;;;;+2/p-2. The summed E-state index contributed by atoms with van der Waals surface area (Å²) in [5.41, 5.74) is 13.8. The molecule has 2 aromatic rings. The molecule has 0 bridgehead atoms. The number of hydrogen-bond donors (Lipinski definition) is 1. The molecule has 0 aromatic heterocycles. The van der Waals surface area contributed by atoms with E-state index in [1.807, 2.05) is 24.5 Å². The van der Waals surface area contributed by atoms with E-state index in [0.29, 0.717) is 0 Å². The van der Waals surface area contributed by atoms with Gasteiger partial charge in [0.05, 0.1) is 6.04 Å². The summed E-state index contributed by atoms with van der Waals surface area (Å²) in [5, 5.41) is 5.51. The summed E-state index contributed by atoms with van der Waals surface area (Å²) in [7, 11) is 10.9. The first kappa shape index (κ1) is 35.0. The van der Waals surface area contributed by atoms with E-state index in [1.165, 1.54) is 73.9 Å². The van der Waals surface area contributed by atoms with E-state index in [9.17, 15) is 0 Å². The summed E-state index contributed by atoms with van der Waals surface area (Å²) in [4.78, 5) is 2.66. The third kappa shape index (κ3) is 8.57. The molecule has 1 atom stereocenters. The van der Waals surface area contributed by atoms with Crippen LogP contribution in [0.2, 0.25) is 0 Å². The second kappa shape index (κ2) is 16.0. The molecule has 1 saturated heterocycles. The Morgan fingerprint density at radius 2 is 1.48 bits per heavy atom. The predicted molar refractivity (Wildman–Crippen MR) is 189 cm³/mol. The van der Waals surface area contributed by atoms with Crippen molar-refractivity contribution in [1.82, 2.24) is 5.32 Å². The first-order chi connectivity index (χ1) is 19.9. The van der Waals surface area contributed by atoms with Crippen LogP contribution in [0.15, 0.2) is 70.9 Å². The summed E-state index contributed by atoms with van der Waals surface area (Å²) >= 11 is -1.52. The van der Waals surface area contributed by atoms with Gasteiger partial charge in [0.1, 0.15) is 5.82 Å². The molecule has 6 heteroatoms. The van der Waals surface area contributed by atoms with E-state index < -0.39 is 13.5 Å². The summed E-state index contributed by atoms with van der Waals surface area (Å²) in [6.45, 7) is 23.2. The van der Waals surface area contributed by atoms with Gasteiger partial charge in [0.25, 0.3) is 0 Å². The normalized spacial score (nSPS) is 18.3. The van der Waals surface area contributed by atoms with Crippen molar-refractivity contribution in [2.75, 3.05) is 23.8 Å². The molecular formula is C36H49Cl2N2PRu. The maximum atomic E-state index is 5.53. The van der Waals surface area contributed by atoms with Gasteiger partial charge in [-0.1, -0.05) is 75.4 Å². The molecule has 1 N–H and O–H groups in total. The van der Waals surface area contributed by atoms with Crippen molar-refractivity contribution in [2.24, 2.45) is 0 Å². The van der Waals surface area contributed by atoms with Gasteiger partial charge in [-0.2, -0.15) is 0 Å². The largest absolute Gasteiger partial charge is 0.369 e. The van der Waals surface area contributed by atoms with Gasteiger partial charge in [0.2, 0.25) is 0 Å². The van der Waals surface area contributed by atoms with Crippen molar-refractivity contribution in [3.8, 4) is 0 Å². The molecule has 1 fully saturated rings. The van der Waals surface area contributed by atoms with Crippen molar-refractivity contribution in [1.29, 1.82) is 0 Å². The summed E-state index contributed by atoms with van der Waals surface area (Å²) in [5.74, 6) is 1.32. The van der Waals surface area contributed by atoms with Gasteiger partial charge in [0.15, 0.2) is 0 Å². The number of hydrogen-bond acceptors (Lipinski definition) is 2. The molecule has 0 radical (unpaired) electrons. The fourth-order valence-corrected chi connectivity index (χ4v) is 9.67. The second-order valence-corrected chi connectivity index (χ2v) is 20.2. The number of halogens is 2. The molecule has 2 aromatic carbocycles. The molecule has 0 saturated carbocycles. The monoisotopic (exact) mass is 712 g/mol. The first-order valence-corrected chi connectivity index (χ1v) is 22.1. The SMILES string of the molecule is CC(C)=C[CH]=[Ru]([Cl])[Cl].CCP(CC)C1=CC=CCC1=C1NCC(c2c(C)cc(C)cc2C)N1c1c(C)cc(C)cc1C. The van der Waals surface area contributed by atoms with Gasteiger partial charge in [0, 0.05) is 17.8 Å². The van der Waals surface area contributed by atoms with Crippen molar-refractivity contribution in [2.45, 2.75) is 81.7 Å². The fraction of sp³-hybridized carbons (Fsp3) is 0.417. The topological polar surface area (TPSA) is 15.3 Å². The Bertz CT molecular complexity index is 1380.